The number of para-hydroxylation sites is 2. The Hall–Kier alpha value is -1.71. The van der Waals surface area contributed by atoms with Gasteiger partial charge in [-0.05, 0) is 31.4 Å². The van der Waals surface area contributed by atoms with Gasteiger partial charge in [-0.2, -0.15) is 0 Å². The number of methoxy groups -OCH3 is 1. The molecule has 4 nitrogen and oxygen atoms in total. The molecule has 1 aromatic rings. The van der Waals surface area contributed by atoms with Gasteiger partial charge in [0.1, 0.15) is 0 Å². The predicted molar refractivity (Wildman–Crippen MR) is 73.5 cm³/mol. The second kappa shape index (κ2) is 7.02. The molecule has 0 saturated carbocycles. The highest BCUT2D eigenvalue weighted by Gasteiger charge is 2.20. The normalized spacial score (nSPS) is 19.4. The summed E-state index contributed by atoms with van der Waals surface area (Å²) in [6.07, 6.45) is 3.90. The monoisotopic (exact) mass is 263 g/mol. The van der Waals surface area contributed by atoms with Crippen molar-refractivity contribution in [3.8, 4) is 11.5 Å². The Morgan fingerprint density at radius 2 is 2.05 bits per heavy atom. The Morgan fingerprint density at radius 1 is 1.26 bits per heavy atom. The van der Waals surface area contributed by atoms with E-state index in [1.165, 1.54) is 0 Å². The van der Waals surface area contributed by atoms with Crippen LogP contribution in [0.3, 0.4) is 0 Å². The summed E-state index contributed by atoms with van der Waals surface area (Å²) in [5.74, 6) is 1.71. The molecule has 19 heavy (non-hydrogen) atoms. The minimum atomic E-state index is 0.0807. The van der Waals surface area contributed by atoms with Crippen molar-refractivity contribution >= 4 is 5.91 Å². The maximum Gasteiger partial charge on any atom is 0.223 e. The summed E-state index contributed by atoms with van der Waals surface area (Å²) in [7, 11) is 1.63. The summed E-state index contributed by atoms with van der Waals surface area (Å²) in [5.41, 5.74) is 0. The van der Waals surface area contributed by atoms with Gasteiger partial charge in [0.25, 0.3) is 0 Å². The Bertz CT molecular complexity index is 420. The molecule has 1 atom stereocenters. The van der Waals surface area contributed by atoms with Crippen molar-refractivity contribution in [3.63, 3.8) is 0 Å². The Kier molecular flexibility index (Phi) is 5.07. The molecule has 4 heteroatoms. The van der Waals surface area contributed by atoms with Crippen LogP contribution in [0.25, 0.3) is 0 Å². The topological polar surface area (TPSA) is 47.6 Å². The molecular formula is C15H21NO3. The summed E-state index contributed by atoms with van der Waals surface area (Å²) in [4.78, 5) is 11.8. The van der Waals surface area contributed by atoms with Crippen LogP contribution < -0.4 is 14.8 Å². The molecule has 0 aromatic heterocycles. The summed E-state index contributed by atoms with van der Waals surface area (Å²) in [6, 6.07) is 7.57. The maximum atomic E-state index is 11.8. The highest BCUT2D eigenvalue weighted by Crippen LogP contribution is 2.26. The maximum absolute atomic E-state index is 11.8. The zero-order chi connectivity index (χ0) is 13.5. The molecule has 0 aliphatic carbocycles. The summed E-state index contributed by atoms with van der Waals surface area (Å²) in [6.45, 7) is 1.35. The third-order valence-electron chi connectivity index (χ3n) is 3.44. The van der Waals surface area contributed by atoms with E-state index in [0.717, 1.165) is 43.7 Å². The molecule has 1 aliphatic rings. The minimum Gasteiger partial charge on any atom is -0.493 e. The molecule has 1 saturated heterocycles. The first-order valence-corrected chi connectivity index (χ1v) is 6.85. The standard InChI is InChI=1S/C15H21NO3/c1-18-13-7-2-3-8-14(13)19-11-9-12-6-4-5-10-16-15(12)17/h2-3,7-8,12H,4-6,9-11H2,1H3,(H,16,17). The lowest BCUT2D eigenvalue weighted by molar-refractivity contribution is -0.125. The quantitative estimate of drug-likeness (QED) is 0.887. The third-order valence-corrected chi connectivity index (χ3v) is 3.44. The highest BCUT2D eigenvalue weighted by molar-refractivity contribution is 5.78. The summed E-state index contributed by atoms with van der Waals surface area (Å²) < 4.78 is 10.9. The first-order valence-electron chi connectivity index (χ1n) is 6.85. The van der Waals surface area contributed by atoms with Crippen LogP contribution in [0.2, 0.25) is 0 Å². The second-order valence-electron chi connectivity index (χ2n) is 4.77. The van der Waals surface area contributed by atoms with Gasteiger partial charge in [-0.3, -0.25) is 4.79 Å². The van der Waals surface area contributed by atoms with E-state index in [2.05, 4.69) is 5.32 Å². The number of amides is 1. The number of benzene rings is 1. The number of carbonyl (C=O) groups excluding carboxylic acids is 1. The molecule has 104 valence electrons. The number of rotatable bonds is 5. The first kappa shape index (κ1) is 13.7. The Labute approximate surface area is 114 Å². The number of ether oxygens (including phenoxy) is 2. The molecule has 1 fully saturated rings. The molecule has 1 amide bonds. The Morgan fingerprint density at radius 3 is 2.84 bits per heavy atom. The molecular weight excluding hydrogens is 242 g/mol. The first-order chi connectivity index (χ1) is 9.31. The SMILES string of the molecule is COc1ccccc1OCCC1CCCCNC1=O. The fourth-order valence-corrected chi connectivity index (χ4v) is 2.33. The van der Waals surface area contributed by atoms with Gasteiger partial charge >= 0.3 is 0 Å². The zero-order valence-corrected chi connectivity index (χ0v) is 11.4. The lowest BCUT2D eigenvalue weighted by Crippen LogP contribution is -2.29. The van der Waals surface area contributed by atoms with Crippen molar-refractivity contribution in [2.75, 3.05) is 20.3 Å². The molecule has 1 aromatic carbocycles. The molecule has 1 N–H and O–H groups in total. The molecule has 1 aliphatic heterocycles. The fourth-order valence-electron chi connectivity index (χ4n) is 2.33. The van der Waals surface area contributed by atoms with Crippen LogP contribution in [0, 0.1) is 5.92 Å². The van der Waals surface area contributed by atoms with Crippen molar-refractivity contribution in [1.82, 2.24) is 5.32 Å². The zero-order valence-electron chi connectivity index (χ0n) is 11.4. The van der Waals surface area contributed by atoms with Gasteiger partial charge in [0.05, 0.1) is 13.7 Å². The summed E-state index contributed by atoms with van der Waals surface area (Å²) in [5, 5.41) is 2.95. The highest BCUT2D eigenvalue weighted by atomic mass is 16.5. The van der Waals surface area contributed by atoms with Gasteiger partial charge in [0.2, 0.25) is 5.91 Å². The number of hydrogen-bond donors (Lipinski definition) is 1. The second-order valence-corrected chi connectivity index (χ2v) is 4.77. The molecule has 1 heterocycles. The van der Waals surface area contributed by atoms with Gasteiger partial charge < -0.3 is 14.8 Å². The number of hydrogen-bond acceptors (Lipinski definition) is 3. The van der Waals surface area contributed by atoms with Gasteiger partial charge in [-0.25, -0.2) is 0 Å². The molecule has 0 radical (unpaired) electrons. The minimum absolute atomic E-state index is 0.0807. The lowest BCUT2D eigenvalue weighted by Gasteiger charge is -2.14. The van der Waals surface area contributed by atoms with Crippen LogP contribution in [0.4, 0.5) is 0 Å². The van der Waals surface area contributed by atoms with Crippen LogP contribution in [0.15, 0.2) is 24.3 Å². The van der Waals surface area contributed by atoms with E-state index >= 15 is 0 Å². The van der Waals surface area contributed by atoms with E-state index in [9.17, 15) is 4.79 Å². The molecule has 0 spiro atoms. The van der Waals surface area contributed by atoms with Crippen molar-refractivity contribution in [2.24, 2.45) is 5.92 Å². The van der Waals surface area contributed by atoms with Crippen LogP contribution >= 0.6 is 0 Å². The average Bonchev–Trinajstić information content (AvgIpc) is 2.64. The smallest absolute Gasteiger partial charge is 0.223 e. The molecule has 2 rings (SSSR count). The number of carbonyl (C=O) groups is 1. The predicted octanol–water partition coefficient (Wildman–Crippen LogP) is 2.38. The Balaban J connectivity index is 1.83. The van der Waals surface area contributed by atoms with E-state index < -0.39 is 0 Å². The fraction of sp³-hybridized carbons (Fsp3) is 0.533. The van der Waals surface area contributed by atoms with Crippen LogP contribution in [-0.4, -0.2) is 26.2 Å². The van der Waals surface area contributed by atoms with Gasteiger partial charge in [0, 0.05) is 12.5 Å². The van der Waals surface area contributed by atoms with Crippen molar-refractivity contribution in [1.29, 1.82) is 0 Å². The summed E-state index contributed by atoms with van der Waals surface area (Å²) >= 11 is 0. The van der Waals surface area contributed by atoms with Crippen molar-refractivity contribution < 1.29 is 14.3 Å². The van der Waals surface area contributed by atoms with E-state index in [1.54, 1.807) is 7.11 Å². The number of nitrogens with one attached hydrogen (secondary N) is 1. The van der Waals surface area contributed by atoms with Crippen molar-refractivity contribution in [2.45, 2.75) is 25.7 Å². The lowest BCUT2D eigenvalue weighted by atomic mass is 9.99. The van der Waals surface area contributed by atoms with E-state index in [0.29, 0.717) is 6.61 Å². The largest absolute Gasteiger partial charge is 0.493 e. The van der Waals surface area contributed by atoms with Gasteiger partial charge in [0.15, 0.2) is 11.5 Å². The average molecular weight is 263 g/mol. The van der Waals surface area contributed by atoms with E-state index in [1.807, 2.05) is 24.3 Å². The molecule has 1 unspecified atom stereocenters. The van der Waals surface area contributed by atoms with Crippen molar-refractivity contribution in [3.05, 3.63) is 24.3 Å². The van der Waals surface area contributed by atoms with Gasteiger partial charge in [-0.1, -0.05) is 18.6 Å². The third kappa shape index (κ3) is 3.88. The van der Waals surface area contributed by atoms with Crippen LogP contribution in [0.5, 0.6) is 11.5 Å². The molecule has 0 bridgehead atoms. The van der Waals surface area contributed by atoms with Crippen LogP contribution in [0.1, 0.15) is 25.7 Å². The van der Waals surface area contributed by atoms with Crippen LogP contribution in [-0.2, 0) is 4.79 Å². The van der Waals surface area contributed by atoms with E-state index in [-0.39, 0.29) is 11.8 Å². The van der Waals surface area contributed by atoms with E-state index in [4.69, 9.17) is 9.47 Å². The van der Waals surface area contributed by atoms with Gasteiger partial charge in [-0.15, -0.1) is 0 Å².